The van der Waals surface area contributed by atoms with E-state index >= 15 is 0 Å². The van der Waals surface area contributed by atoms with Crippen LogP contribution in [0.5, 0.6) is 0 Å². The van der Waals surface area contributed by atoms with E-state index in [9.17, 15) is 14.0 Å². The lowest BCUT2D eigenvalue weighted by molar-refractivity contribution is -0.121. The molecule has 2 aromatic carbocycles. The average Bonchev–Trinajstić information content (AvgIpc) is 3.29. The van der Waals surface area contributed by atoms with Crippen LogP contribution in [-0.4, -0.2) is 39.4 Å². The minimum absolute atomic E-state index is 0.0637. The van der Waals surface area contributed by atoms with Gasteiger partial charge in [-0.2, -0.15) is 0 Å². The molecule has 33 heavy (non-hydrogen) atoms. The standard InChI is InChI=1S/C25H25FN4O3/c26-19-6-8-20(9-7-19)28-24(31)18-10-12-29(13-11-18)25(32)23-21-15-33-22(14-30(21)16-27-23)17-4-2-1-3-5-17/h1-9,16,18,22H,10-15H2,(H,28,31)/t22-/m0/s1. The first-order valence-corrected chi connectivity index (χ1v) is 11.1. The Balaban J connectivity index is 1.18. The molecule has 8 heteroatoms. The van der Waals surface area contributed by atoms with Gasteiger partial charge in [-0.25, -0.2) is 9.37 Å². The SMILES string of the molecule is O=C(Nc1ccc(F)cc1)C1CCN(C(=O)c2ncn3c2CO[C@H](c2ccccc2)C3)CC1. The summed E-state index contributed by atoms with van der Waals surface area (Å²) in [5.74, 6) is -0.761. The Morgan fingerprint density at radius 3 is 2.48 bits per heavy atom. The molecule has 1 saturated heterocycles. The highest BCUT2D eigenvalue weighted by molar-refractivity contribution is 5.95. The summed E-state index contributed by atoms with van der Waals surface area (Å²) in [7, 11) is 0. The quantitative estimate of drug-likeness (QED) is 0.659. The van der Waals surface area contributed by atoms with E-state index in [1.54, 1.807) is 11.2 Å². The van der Waals surface area contributed by atoms with Gasteiger partial charge in [0.2, 0.25) is 5.91 Å². The van der Waals surface area contributed by atoms with E-state index in [-0.39, 0.29) is 29.7 Å². The number of benzene rings is 2. The number of hydrogen-bond donors (Lipinski definition) is 1. The van der Waals surface area contributed by atoms with Gasteiger partial charge in [0.1, 0.15) is 11.9 Å². The van der Waals surface area contributed by atoms with Crippen LogP contribution in [0.4, 0.5) is 10.1 Å². The highest BCUT2D eigenvalue weighted by Crippen LogP contribution is 2.29. The summed E-state index contributed by atoms with van der Waals surface area (Å²) in [5.41, 5.74) is 2.89. The molecule has 0 radical (unpaired) electrons. The van der Waals surface area contributed by atoms with Crippen LogP contribution in [0.25, 0.3) is 0 Å². The molecule has 0 bridgehead atoms. The number of fused-ring (bicyclic) bond motifs is 1. The first kappa shape index (κ1) is 21.3. The number of hydrogen-bond acceptors (Lipinski definition) is 4. The molecule has 0 unspecified atom stereocenters. The molecular weight excluding hydrogens is 423 g/mol. The van der Waals surface area contributed by atoms with E-state index in [4.69, 9.17) is 4.74 Å². The molecule has 3 aromatic rings. The van der Waals surface area contributed by atoms with Crippen molar-refractivity contribution in [1.29, 1.82) is 0 Å². The first-order valence-electron chi connectivity index (χ1n) is 11.1. The summed E-state index contributed by atoms with van der Waals surface area (Å²) in [6.07, 6.45) is 2.79. The van der Waals surface area contributed by atoms with E-state index in [1.165, 1.54) is 24.3 Å². The molecule has 2 amide bonds. The summed E-state index contributed by atoms with van der Waals surface area (Å²) in [4.78, 5) is 31.9. The molecule has 3 heterocycles. The molecule has 0 saturated carbocycles. The number of aromatic nitrogens is 2. The molecule has 5 rings (SSSR count). The normalized spacial score (nSPS) is 18.6. The van der Waals surface area contributed by atoms with Crippen molar-refractivity contribution in [2.45, 2.75) is 32.1 Å². The highest BCUT2D eigenvalue weighted by atomic mass is 19.1. The number of anilines is 1. The van der Waals surface area contributed by atoms with Crippen LogP contribution in [0.3, 0.4) is 0 Å². The van der Waals surface area contributed by atoms with Crippen molar-refractivity contribution in [2.75, 3.05) is 18.4 Å². The van der Waals surface area contributed by atoms with Crippen LogP contribution in [0.1, 0.15) is 40.7 Å². The van der Waals surface area contributed by atoms with Gasteiger partial charge < -0.3 is 19.5 Å². The molecule has 1 fully saturated rings. The summed E-state index contributed by atoms with van der Waals surface area (Å²) < 4.78 is 21.1. The third kappa shape index (κ3) is 4.52. The third-order valence-electron chi connectivity index (χ3n) is 6.37. The second-order valence-corrected chi connectivity index (χ2v) is 8.47. The van der Waals surface area contributed by atoms with Gasteiger partial charge in [0.05, 0.1) is 25.2 Å². The molecule has 0 aliphatic carbocycles. The first-order chi connectivity index (χ1) is 16.1. The predicted octanol–water partition coefficient (Wildman–Crippen LogP) is 3.78. The van der Waals surface area contributed by atoms with Gasteiger partial charge in [0.25, 0.3) is 5.91 Å². The van der Waals surface area contributed by atoms with Gasteiger partial charge in [-0.15, -0.1) is 0 Å². The van der Waals surface area contributed by atoms with Crippen molar-refractivity contribution >= 4 is 17.5 Å². The van der Waals surface area contributed by atoms with E-state index in [2.05, 4.69) is 10.3 Å². The van der Waals surface area contributed by atoms with E-state index < -0.39 is 0 Å². The molecule has 2 aliphatic rings. The van der Waals surface area contributed by atoms with Gasteiger partial charge in [-0.1, -0.05) is 30.3 Å². The number of nitrogens with zero attached hydrogens (tertiary/aromatic N) is 3. The smallest absolute Gasteiger partial charge is 0.274 e. The zero-order valence-electron chi connectivity index (χ0n) is 18.1. The largest absolute Gasteiger partial charge is 0.365 e. The number of nitrogens with one attached hydrogen (secondary N) is 1. The highest BCUT2D eigenvalue weighted by Gasteiger charge is 2.32. The van der Waals surface area contributed by atoms with Crippen LogP contribution < -0.4 is 5.32 Å². The Hall–Kier alpha value is -3.52. The maximum atomic E-state index is 13.1. The van der Waals surface area contributed by atoms with Crippen molar-refractivity contribution in [3.05, 3.63) is 83.7 Å². The van der Waals surface area contributed by atoms with Gasteiger partial charge in [0.15, 0.2) is 5.69 Å². The summed E-state index contributed by atoms with van der Waals surface area (Å²) in [6, 6.07) is 15.7. The Labute approximate surface area is 191 Å². The number of piperidine rings is 1. The molecule has 1 aromatic heterocycles. The molecule has 0 spiro atoms. The Morgan fingerprint density at radius 2 is 1.76 bits per heavy atom. The fraction of sp³-hybridized carbons (Fsp3) is 0.320. The van der Waals surface area contributed by atoms with E-state index in [0.717, 1.165) is 11.3 Å². The topological polar surface area (TPSA) is 76.5 Å². The second-order valence-electron chi connectivity index (χ2n) is 8.47. The zero-order valence-corrected chi connectivity index (χ0v) is 18.1. The summed E-state index contributed by atoms with van der Waals surface area (Å²) in [6.45, 7) is 1.92. The molecule has 7 nitrogen and oxygen atoms in total. The number of halogens is 1. The number of imidazole rings is 1. The maximum absolute atomic E-state index is 13.1. The van der Waals surface area contributed by atoms with Crippen molar-refractivity contribution in [2.24, 2.45) is 5.92 Å². The molecule has 170 valence electrons. The minimum Gasteiger partial charge on any atom is -0.365 e. The second kappa shape index (κ2) is 9.15. The van der Waals surface area contributed by atoms with Crippen LogP contribution in [0.15, 0.2) is 60.9 Å². The van der Waals surface area contributed by atoms with Gasteiger partial charge in [-0.3, -0.25) is 9.59 Å². The lowest BCUT2D eigenvalue weighted by atomic mass is 9.95. The van der Waals surface area contributed by atoms with Gasteiger partial charge >= 0.3 is 0 Å². The lowest BCUT2D eigenvalue weighted by Crippen LogP contribution is -2.42. The zero-order chi connectivity index (χ0) is 22.8. The molecule has 1 N–H and O–H groups in total. The van der Waals surface area contributed by atoms with E-state index in [1.807, 2.05) is 34.9 Å². The summed E-state index contributed by atoms with van der Waals surface area (Å²) >= 11 is 0. The van der Waals surface area contributed by atoms with Gasteiger partial charge in [-0.05, 0) is 42.7 Å². The number of amides is 2. The van der Waals surface area contributed by atoms with Crippen LogP contribution >= 0.6 is 0 Å². The molecule has 2 aliphatic heterocycles. The average molecular weight is 448 g/mol. The Morgan fingerprint density at radius 1 is 1.03 bits per heavy atom. The lowest BCUT2D eigenvalue weighted by Gasteiger charge is -2.31. The van der Waals surface area contributed by atoms with Crippen molar-refractivity contribution in [3.63, 3.8) is 0 Å². The Kier molecular flexibility index (Phi) is 5.92. The number of rotatable bonds is 4. The number of carbonyl (C=O) groups is 2. The predicted molar refractivity (Wildman–Crippen MR) is 120 cm³/mol. The number of ether oxygens (including phenoxy) is 1. The van der Waals surface area contributed by atoms with Crippen molar-refractivity contribution < 1.29 is 18.7 Å². The number of likely N-dealkylation sites (tertiary alicyclic amines) is 1. The van der Waals surface area contributed by atoms with E-state index in [0.29, 0.717) is 50.5 Å². The molecular formula is C25H25FN4O3. The fourth-order valence-corrected chi connectivity index (χ4v) is 4.45. The van der Waals surface area contributed by atoms with Crippen LogP contribution in [0.2, 0.25) is 0 Å². The monoisotopic (exact) mass is 448 g/mol. The maximum Gasteiger partial charge on any atom is 0.274 e. The van der Waals surface area contributed by atoms with Gasteiger partial charge in [0, 0.05) is 24.7 Å². The number of carbonyl (C=O) groups excluding carboxylic acids is 2. The van der Waals surface area contributed by atoms with Crippen molar-refractivity contribution in [3.8, 4) is 0 Å². The molecule has 1 atom stereocenters. The van der Waals surface area contributed by atoms with Crippen LogP contribution in [0, 0.1) is 11.7 Å². The summed E-state index contributed by atoms with van der Waals surface area (Å²) in [5, 5.41) is 2.83. The fourth-order valence-electron chi connectivity index (χ4n) is 4.45. The third-order valence-corrected chi connectivity index (χ3v) is 6.37. The van der Waals surface area contributed by atoms with Crippen molar-refractivity contribution in [1.82, 2.24) is 14.5 Å². The van der Waals surface area contributed by atoms with Crippen LogP contribution in [-0.2, 0) is 22.7 Å². The minimum atomic E-state index is -0.345. The Bertz CT molecular complexity index is 1140.